The molecule has 0 amide bonds. The summed E-state index contributed by atoms with van der Waals surface area (Å²) in [6, 6.07) is 12.5. The summed E-state index contributed by atoms with van der Waals surface area (Å²) < 4.78 is 5.47. The monoisotopic (exact) mass is 382 g/mol. The minimum absolute atomic E-state index is 0.449. The van der Waals surface area contributed by atoms with Gasteiger partial charge in [0, 0.05) is 31.9 Å². The molecule has 0 radical (unpaired) electrons. The van der Waals surface area contributed by atoms with Crippen LogP contribution in [0, 0.1) is 13.8 Å². The lowest BCUT2D eigenvalue weighted by Gasteiger charge is -2.38. The molecule has 1 heterocycles. The molecule has 0 bridgehead atoms. The zero-order valence-corrected chi connectivity index (χ0v) is 17.2. The highest BCUT2D eigenvalue weighted by Crippen LogP contribution is 2.31. The molecule has 3 rings (SSSR count). The van der Waals surface area contributed by atoms with Crippen LogP contribution < -0.4 is 15.1 Å². The first-order valence-electron chi connectivity index (χ1n) is 9.79. The Hall–Kier alpha value is -2.73. The molecule has 6 nitrogen and oxygen atoms in total. The zero-order chi connectivity index (χ0) is 20.1. The van der Waals surface area contributed by atoms with Crippen molar-refractivity contribution in [3.05, 3.63) is 53.1 Å². The molecule has 2 N–H and O–H groups in total. The van der Waals surface area contributed by atoms with Gasteiger partial charge in [-0.05, 0) is 55.2 Å². The summed E-state index contributed by atoms with van der Waals surface area (Å²) in [6.45, 7) is 9.58. The second kappa shape index (κ2) is 8.97. The average Bonchev–Trinajstić information content (AvgIpc) is 2.74. The summed E-state index contributed by atoms with van der Waals surface area (Å²) in [5.74, 6) is 1.15. The predicted octanol–water partition coefficient (Wildman–Crippen LogP) is 3.66. The Morgan fingerprint density at radius 1 is 1.11 bits per heavy atom. The highest BCUT2D eigenvalue weighted by molar-refractivity contribution is 5.83. The van der Waals surface area contributed by atoms with Gasteiger partial charge < -0.3 is 14.5 Å². The molecule has 0 saturated carbocycles. The van der Waals surface area contributed by atoms with Crippen LogP contribution in [0.25, 0.3) is 0 Å². The fourth-order valence-corrected chi connectivity index (χ4v) is 3.58. The fraction of sp³-hybridized carbons (Fsp3) is 0.409. The lowest BCUT2D eigenvalue weighted by atomic mass is 10.1. The van der Waals surface area contributed by atoms with E-state index >= 15 is 0 Å². The normalized spacial score (nSPS) is 15.0. The van der Waals surface area contributed by atoms with Gasteiger partial charge in [0.15, 0.2) is 0 Å². The highest BCUT2D eigenvalue weighted by atomic mass is 16.5. The number of rotatable bonds is 4. The van der Waals surface area contributed by atoms with Crippen LogP contribution in [0.4, 0.5) is 11.4 Å². The summed E-state index contributed by atoms with van der Waals surface area (Å²) in [6.07, 6.45) is 1.02. The molecular weight excluding hydrogens is 352 g/mol. The van der Waals surface area contributed by atoms with Crippen LogP contribution in [0.1, 0.15) is 23.6 Å². The van der Waals surface area contributed by atoms with Crippen molar-refractivity contribution < 1.29 is 9.94 Å². The largest absolute Gasteiger partial charge is 0.494 e. The second-order valence-electron chi connectivity index (χ2n) is 7.11. The van der Waals surface area contributed by atoms with E-state index in [0.29, 0.717) is 17.4 Å². The topological polar surface area (TPSA) is 60.3 Å². The summed E-state index contributed by atoms with van der Waals surface area (Å²) in [7, 11) is 1.64. The lowest BCUT2D eigenvalue weighted by Crippen LogP contribution is -2.52. The van der Waals surface area contributed by atoms with E-state index in [2.05, 4.69) is 51.5 Å². The van der Waals surface area contributed by atoms with E-state index in [0.717, 1.165) is 43.7 Å². The first kappa shape index (κ1) is 20.0. The zero-order valence-electron chi connectivity index (χ0n) is 17.2. The molecule has 150 valence electrons. The predicted molar refractivity (Wildman–Crippen MR) is 114 cm³/mol. The average molecular weight is 383 g/mol. The third kappa shape index (κ3) is 4.22. The van der Waals surface area contributed by atoms with Crippen molar-refractivity contribution in [2.45, 2.75) is 27.2 Å². The Kier molecular flexibility index (Phi) is 6.41. The fourth-order valence-electron chi connectivity index (χ4n) is 3.58. The number of guanidine groups is 1. The number of hydrogen-bond donors (Lipinski definition) is 2. The number of benzene rings is 2. The van der Waals surface area contributed by atoms with Crippen LogP contribution in [0.5, 0.6) is 5.75 Å². The van der Waals surface area contributed by atoms with Crippen LogP contribution >= 0.6 is 0 Å². The molecule has 1 aliphatic heterocycles. The van der Waals surface area contributed by atoms with Gasteiger partial charge in [-0.1, -0.05) is 25.1 Å². The number of para-hydroxylation sites is 1. The first-order chi connectivity index (χ1) is 13.6. The number of aryl methyl sites for hydroxylation is 3. The number of hydrogen-bond acceptors (Lipinski definition) is 4. The van der Waals surface area contributed by atoms with E-state index in [9.17, 15) is 5.21 Å². The van der Waals surface area contributed by atoms with Gasteiger partial charge in [-0.25, -0.2) is 10.5 Å². The lowest BCUT2D eigenvalue weighted by molar-refractivity contribution is 0.207. The Balaban J connectivity index is 1.77. The van der Waals surface area contributed by atoms with E-state index in [4.69, 9.17) is 4.74 Å². The third-order valence-corrected chi connectivity index (χ3v) is 5.41. The van der Waals surface area contributed by atoms with Gasteiger partial charge in [-0.15, -0.1) is 0 Å². The molecule has 2 aromatic rings. The summed E-state index contributed by atoms with van der Waals surface area (Å²) in [5.41, 5.74) is 7.95. The number of hydroxylamine groups is 1. The van der Waals surface area contributed by atoms with Gasteiger partial charge in [0.05, 0.1) is 7.11 Å². The molecule has 1 aliphatic rings. The van der Waals surface area contributed by atoms with Crippen LogP contribution in [0.15, 0.2) is 41.4 Å². The van der Waals surface area contributed by atoms with Crippen LogP contribution in [0.3, 0.4) is 0 Å². The number of aliphatic imine (C=N–C) groups is 1. The minimum Gasteiger partial charge on any atom is -0.494 e. The van der Waals surface area contributed by atoms with Crippen LogP contribution in [0.2, 0.25) is 0 Å². The molecule has 0 spiro atoms. The molecule has 0 atom stereocenters. The summed E-state index contributed by atoms with van der Waals surface area (Å²) in [5, 5.41) is 9.72. The van der Waals surface area contributed by atoms with Crippen molar-refractivity contribution in [1.29, 1.82) is 0 Å². The number of ether oxygens (including phenoxy) is 1. The van der Waals surface area contributed by atoms with E-state index in [-0.39, 0.29) is 0 Å². The van der Waals surface area contributed by atoms with Crippen molar-refractivity contribution in [1.82, 2.24) is 10.4 Å². The molecule has 0 unspecified atom stereocenters. The van der Waals surface area contributed by atoms with E-state index in [1.165, 1.54) is 11.3 Å². The van der Waals surface area contributed by atoms with Crippen molar-refractivity contribution in [3.63, 3.8) is 0 Å². The quantitative estimate of drug-likeness (QED) is 0.480. The molecule has 2 aromatic carbocycles. The standard InChI is InChI=1S/C22H30N4O2/c1-5-18-8-6-7-9-20(18)25-10-12-26(13-11-25)22(24-27)23-19-14-16(2)17(3)15-21(19)28-4/h6-9,14-15,27H,5,10-13H2,1-4H3,(H,23,24). The van der Waals surface area contributed by atoms with Gasteiger partial charge >= 0.3 is 0 Å². The van der Waals surface area contributed by atoms with Gasteiger partial charge in [-0.2, -0.15) is 0 Å². The Labute approximate surface area is 167 Å². The Bertz CT molecular complexity index is 842. The van der Waals surface area contributed by atoms with Crippen molar-refractivity contribution in [2.75, 3.05) is 38.2 Å². The molecule has 28 heavy (non-hydrogen) atoms. The highest BCUT2D eigenvalue weighted by Gasteiger charge is 2.21. The minimum atomic E-state index is 0.449. The van der Waals surface area contributed by atoms with Crippen molar-refractivity contribution in [2.24, 2.45) is 4.99 Å². The van der Waals surface area contributed by atoms with Crippen molar-refractivity contribution >= 4 is 17.3 Å². The first-order valence-corrected chi connectivity index (χ1v) is 9.79. The smallest absolute Gasteiger partial charge is 0.223 e. The van der Waals surface area contributed by atoms with Gasteiger partial charge in [0.2, 0.25) is 5.96 Å². The second-order valence-corrected chi connectivity index (χ2v) is 7.11. The number of piperazine rings is 1. The number of anilines is 1. The van der Waals surface area contributed by atoms with Gasteiger partial charge in [-0.3, -0.25) is 5.21 Å². The SMILES string of the molecule is CCc1ccccc1N1CCN(C(=Nc2cc(C)c(C)cc2OC)NO)CC1. The van der Waals surface area contributed by atoms with E-state index in [1.54, 1.807) is 7.11 Å². The van der Waals surface area contributed by atoms with Crippen molar-refractivity contribution in [3.8, 4) is 5.75 Å². The maximum atomic E-state index is 9.72. The molecule has 0 aromatic heterocycles. The Morgan fingerprint density at radius 3 is 2.43 bits per heavy atom. The molecular formula is C22H30N4O2. The van der Waals surface area contributed by atoms with Crippen LogP contribution in [-0.2, 0) is 6.42 Å². The maximum absolute atomic E-state index is 9.72. The molecule has 1 fully saturated rings. The third-order valence-electron chi connectivity index (χ3n) is 5.41. The Morgan fingerprint density at radius 2 is 1.79 bits per heavy atom. The number of nitrogens with one attached hydrogen (secondary N) is 1. The summed E-state index contributed by atoms with van der Waals surface area (Å²) >= 11 is 0. The summed E-state index contributed by atoms with van der Waals surface area (Å²) in [4.78, 5) is 9.12. The number of methoxy groups -OCH3 is 1. The van der Waals surface area contributed by atoms with Gasteiger partial charge in [0.25, 0.3) is 0 Å². The molecule has 0 aliphatic carbocycles. The van der Waals surface area contributed by atoms with E-state index < -0.39 is 0 Å². The van der Waals surface area contributed by atoms with Crippen LogP contribution in [-0.4, -0.2) is 49.4 Å². The molecule has 6 heteroatoms. The number of nitrogens with zero attached hydrogens (tertiary/aromatic N) is 3. The van der Waals surface area contributed by atoms with Gasteiger partial charge in [0.1, 0.15) is 11.4 Å². The maximum Gasteiger partial charge on any atom is 0.223 e. The van der Waals surface area contributed by atoms with E-state index in [1.807, 2.05) is 26.0 Å². The molecule has 1 saturated heterocycles.